The molecular weight excluding hydrogens is 332 g/mol. The number of rotatable bonds is 7. The molecule has 2 aromatic rings. The summed E-state index contributed by atoms with van der Waals surface area (Å²) < 4.78 is 10.6. The molecule has 0 aliphatic carbocycles. The van der Waals surface area contributed by atoms with Crippen molar-refractivity contribution in [2.45, 2.75) is 18.9 Å². The molecule has 2 aromatic carbocycles. The molecule has 3 rings (SSSR count). The molecule has 136 valence electrons. The molecule has 0 aromatic heterocycles. The number of nitrogens with one attached hydrogen (secondary N) is 2. The van der Waals surface area contributed by atoms with Crippen LogP contribution in [0.1, 0.15) is 23.2 Å². The van der Waals surface area contributed by atoms with Crippen molar-refractivity contribution in [3.05, 3.63) is 60.2 Å². The molecule has 1 amide bonds. The van der Waals surface area contributed by atoms with Crippen molar-refractivity contribution in [2.24, 2.45) is 0 Å². The van der Waals surface area contributed by atoms with Gasteiger partial charge in [0.15, 0.2) is 6.61 Å². The van der Waals surface area contributed by atoms with Crippen LogP contribution < -0.4 is 10.6 Å². The minimum atomic E-state index is -0.545. The number of carbonyl (C=O) groups excluding carboxylic acids is 2. The van der Waals surface area contributed by atoms with Crippen molar-refractivity contribution in [3.63, 3.8) is 0 Å². The van der Waals surface area contributed by atoms with Crippen molar-refractivity contribution in [3.8, 4) is 0 Å². The van der Waals surface area contributed by atoms with Crippen LogP contribution >= 0.6 is 0 Å². The second-order valence-electron chi connectivity index (χ2n) is 6.05. The number of carbonyl (C=O) groups is 2. The van der Waals surface area contributed by atoms with E-state index >= 15 is 0 Å². The minimum absolute atomic E-state index is 0.0606. The SMILES string of the molecule is O=C(COC(=O)c1ccccc1Nc1ccccc1)NC[C@H]1CCCO1. The predicted molar refractivity (Wildman–Crippen MR) is 98.4 cm³/mol. The van der Waals surface area contributed by atoms with Crippen molar-refractivity contribution >= 4 is 23.3 Å². The van der Waals surface area contributed by atoms with E-state index in [1.165, 1.54) is 0 Å². The number of anilines is 2. The summed E-state index contributed by atoms with van der Waals surface area (Å²) in [4.78, 5) is 24.2. The van der Waals surface area contributed by atoms with Gasteiger partial charge < -0.3 is 20.1 Å². The van der Waals surface area contributed by atoms with Crippen LogP contribution in [-0.4, -0.2) is 37.7 Å². The first-order valence-electron chi connectivity index (χ1n) is 8.69. The van der Waals surface area contributed by atoms with Crippen molar-refractivity contribution in [1.29, 1.82) is 0 Å². The van der Waals surface area contributed by atoms with E-state index in [0.717, 1.165) is 25.1 Å². The van der Waals surface area contributed by atoms with Crippen LogP contribution in [0.4, 0.5) is 11.4 Å². The normalized spacial score (nSPS) is 16.1. The van der Waals surface area contributed by atoms with Crippen molar-refractivity contribution < 1.29 is 19.1 Å². The Hall–Kier alpha value is -2.86. The average Bonchev–Trinajstić information content (AvgIpc) is 3.19. The topological polar surface area (TPSA) is 76.7 Å². The highest BCUT2D eigenvalue weighted by Crippen LogP contribution is 2.21. The molecule has 1 aliphatic rings. The van der Waals surface area contributed by atoms with E-state index in [-0.39, 0.29) is 18.6 Å². The lowest BCUT2D eigenvalue weighted by Crippen LogP contribution is -2.34. The summed E-state index contributed by atoms with van der Waals surface area (Å²) in [7, 11) is 0. The van der Waals surface area contributed by atoms with Crippen LogP contribution in [0.5, 0.6) is 0 Å². The van der Waals surface area contributed by atoms with E-state index in [9.17, 15) is 9.59 Å². The lowest BCUT2D eigenvalue weighted by Gasteiger charge is -2.13. The zero-order chi connectivity index (χ0) is 18.2. The maximum atomic E-state index is 12.4. The zero-order valence-electron chi connectivity index (χ0n) is 14.4. The molecule has 1 fully saturated rings. The van der Waals surface area contributed by atoms with Gasteiger partial charge in [0.25, 0.3) is 5.91 Å². The molecule has 0 radical (unpaired) electrons. The number of hydrogen-bond donors (Lipinski definition) is 2. The Morgan fingerprint density at radius 2 is 1.85 bits per heavy atom. The van der Waals surface area contributed by atoms with Gasteiger partial charge in [0.05, 0.1) is 17.4 Å². The Morgan fingerprint density at radius 3 is 2.62 bits per heavy atom. The maximum Gasteiger partial charge on any atom is 0.340 e. The van der Waals surface area contributed by atoms with Gasteiger partial charge in [0.2, 0.25) is 0 Å². The molecule has 1 atom stereocenters. The van der Waals surface area contributed by atoms with Gasteiger partial charge >= 0.3 is 5.97 Å². The fraction of sp³-hybridized carbons (Fsp3) is 0.300. The molecule has 1 saturated heterocycles. The van der Waals surface area contributed by atoms with Gasteiger partial charge in [-0.3, -0.25) is 4.79 Å². The molecule has 0 unspecified atom stereocenters. The van der Waals surface area contributed by atoms with Gasteiger partial charge in [0.1, 0.15) is 0 Å². The zero-order valence-corrected chi connectivity index (χ0v) is 14.4. The fourth-order valence-electron chi connectivity index (χ4n) is 2.74. The first-order valence-corrected chi connectivity index (χ1v) is 8.69. The van der Waals surface area contributed by atoms with E-state index in [4.69, 9.17) is 9.47 Å². The van der Waals surface area contributed by atoms with E-state index in [2.05, 4.69) is 10.6 Å². The van der Waals surface area contributed by atoms with Gasteiger partial charge in [-0.1, -0.05) is 30.3 Å². The third kappa shape index (κ3) is 5.07. The Kier molecular flexibility index (Phi) is 6.22. The summed E-state index contributed by atoms with van der Waals surface area (Å²) in [6, 6.07) is 16.6. The van der Waals surface area contributed by atoms with Gasteiger partial charge in [-0.15, -0.1) is 0 Å². The number of hydrogen-bond acceptors (Lipinski definition) is 5. The third-order valence-corrected chi connectivity index (χ3v) is 4.09. The van der Waals surface area contributed by atoms with Crippen LogP contribution in [0.3, 0.4) is 0 Å². The lowest BCUT2D eigenvalue weighted by molar-refractivity contribution is -0.124. The first-order chi connectivity index (χ1) is 12.7. The molecule has 0 saturated carbocycles. The summed E-state index contributed by atoms with van der Waals surface area (Å²) in [5, 5.41) is 5.91. The lowest BCUT2D eigenvalue weighted by atomic mass is 10.1. The van der Waals surface area contributed by atoms with Gasteiger partial charge in [-0.25, -0.2) is 4.79 Å². The predicted octanol–water partition coefficient (Wildman–Crippen LogP) is 2.88. The molecule has 1 aliphatic heterocycles. The second kappa shape index (κ2) is 9.01. The van der Waals surface area contributed by atoms with E-state index < -0.39 is 5.97 Å². The van der Waals surface area contributed by atoms with Crippen LogP contribution in [-0.2, 0) is 14.3 Å². The molecule has 0 spiro atoms. The Bertz CT molecular complexity index is 742. The Labute approximate surface area is 152 Å². The average molecular weight is 354 g/mol. The largest absolute Gasteiger partial charge is 0.452 e. The second-order valence-corrected chi connectivity index (χ2v) is 6.05. The monoisotopic (exact) mass is 354 g/mol. The Balaban J connectivity index is 1.53. The van der Waals surface area contributed by atoms with Crippen molar-refractivity contribution in [1.82, 2.24) is 5.32 Å². The summed E-state index contributed by atoms with van der Waals surface area (Å²) in [5.74, 6) is -0.876. The summed E-state index contributed by atoms with van der Waals surface area (Å²) in [5.41, 5.74) is 1.87. The summed E-state index contributed by atoms with van der Waals surface area (Å²) in [6.45, 7) is 0.870. The van der Waals surface area contributed by atoms with Crippen LogP contribution in [0.15, 0.2) is 54.6 Å². The third-order valence-electron chi connectivity index (χ3n) is 4.09. The summed E-state index contributed by atoms with van der Waals surface area (Å²) >= 11 is 0. The highest BCUT2D eigenvalue weighted by Gasteiger charge is 2.18. The summed E-state index contributed by atoms with van der Waals surface area (Å²) in [6.07, 6.45) is 2.02. The van der Waals surface area contributed by atoms with E-state index in [1.807, 2.05) is 36.4 Å². The number of benzene rings is 2. The molecule has 26 heavy (non-hydrogen) atoms. The van der Waals surface area contributed by atoms with Crippen LogP contribution in [0.2, 0.25) is 0 Å². The maximum absolute atomic E-state index is 12.4. The van der Waals surface area contributed by atoms with Gasteiger partial charge in [0, 0.05) is 18.8 Å². The number of esters is 1. The van der Waals surface area contributed by atoms with E-state index in [0.29, 0.717) is 17.8 Å². The highest BCUT2D eigenvalue weighted by molar-refractivity contribution is 5.97. The standard InChI is InChI=1S/C20H22N2O4/c23-19(21-13-16-9-6-12-25-16)14-26-20(24)17-10-4-5-11-18(17)22-15-7-2-1-3-8-15/h1-5,7-8,10-11,16,22H,6,9,12-14H2,(H,21,23)/t16-/m1/s1. The highest BCUT2D eigenvalue weighted by atomic mass is 16.5. The van der Waals surface area contributed by atoms with Gasteiger partial charge in [-0.05, 0) is 37.1 Å². The van der Waals surface area contributed by atoms with Gasteiger partial charge in [-0.2, -0.15) is 0 Å². The molecular formula is C20H22N2O4. The molecule has 0 bridgehead atoms. The van der Waals surface area contributed by atoms with Crippen molar-refractivity contribution in [2.75, 3.05) is 25.1 Å². The van der Waals surface area contributed by atoms with Crippen LogP contribution in [0.25, 0.3) is 0 Å². The molecule has 1 heterocycles. The minimum Gasteiger partial charge on any atom is -0.452 e. The van der Waals surface area contributed by atoms with E-state index in [1.54, 1.807) is 18.2 Å². The first kappa shape index (κ1) is 17.9. The number of amides is 1. The molecule has 6 heteroatoms. The Morgan fingerprint density at radius 1 is 1.08 bits per heavy atom. The smallest absolute Gasteiger partial charge is 0.340 e. The molecule has 2 N–H and O–H groups in total. The number of para-hydroxylation sites is 2. The van der Waals surface area contributed by atoms with Crippen LogP contribution in [0, 0.1) is 0 Å². The molecule has 6 nitrogen and oxygen atoms in total. The number of ether oxygens (including phenoxy) is 2. The quantitative estimate of drug-likeness (QED) is 0.748. The fourth-order valence-corrected chi connectivity index (χ4v) is 2.74.